The van der Waals surface area contributed by atoms with Crippen molar-refractivity contribution in [3.63, 3.8) is 0 Å². The van der Waals surface area contributed by atoms with Crippen molar-refractivity contribution in [1.29, 1.82) is 0 Å². The van der Waals surface area contributed by atoms with Crippen LogP contribution in [0.15, 0.2) is 48.9 Å². The fraction of sp³-hybridized carbons (Fsp3) is 0.0714. The Morgan fingerprint density at radius 3 is 2.55 bits per heavy atom. The van der Waals surface area contributed by atoms with Crippen molar-refractivity contribution < 1.29 is 13.2 Å². The molecule has 0 bridgehead atoms. The lowest BCUT2D eigenvalue weighted by Crippen LogP contribution is -2.04. The Morgan fingerprint density at radius 1 is 1.05 bits per heavy atom. The van der Waals surface area contributed by atoms with Crippen molar-refractivity contribution in [1.82, 2.24) is 9.55 Å². The fourth-order valence-corrected chi connectivity index (χ4v) is 2.23. The van der Waals surface area contributed by atoms with Crippen molar-refractivity contribution >= 4 is 22.5 Å². The molecule has 0 aliphatic carbocycles. The number of nitrogens with zero attached hydrogens (tertiary/aromatic N) is 2. The van der Waals surface area contributed by atoms with Crippen LogP contribution in [-0.2, 0) is 6.18 Å². The molecule has 2 aromatic heterocycles. The van der Waals surface area contributed by atoms with Crippen LogP contribution in [0.2, 0.25) is 5.02 Å². The maximum Gasteiger partial charge on any atom is 0.416 e. The maximum absolute atomic E-state index is 12.8. The molecule has 0 aliphatic heterocycles. The summed E-state index contributed by atoms with van der Waals surface area (Å²) in [5.41, 5.74) is 0.399. The van der Waals surface area contributed by atoms with E-state index in [0.717, 1.165) is 17.5 Å². The summed E-state index contributed by atoms with van der Waals surface area (Å²) < 4.78 is 40.0. The summed E-state index contributed by atoms with van der Waals surface area (Å²) in [7, 11) is 0. The minimum Gasteiger partial charge on any atom is -0.315 e. The molecule has 0 saturated carbocycles. The number of aromatic nitrogens is 2. The van der Waals surface area contributed by atoms with Crippen molar-refractivity contribution in [3.8, 4) is 5.69 Å². The number of halogens is 4. The lowest BCUT2D eigenvalue weighted by atomic mass is 10.1. The third-order valence-electron chi connectivity index (χ3n) is 2.99. The normalized spacial score (nSPS) is 12.0. The summed E-state index contributed by atoms with van der Waals surface area (Å²) in [6.45, 7) is 0. The van der Waals surface area contributed by atoms with E-state index in [0.29, 0.717) is 16.2 Å². The highest BCUT2D eigenvalue weighted by atomic mass is 35.5. The minimum absolute atomic E-state index is 0.427. The van der Waals surface area contributed by atoms with E-state index in [9.17, 15) is 13.2 Å². The summed E-state index contributed by atoms with van der Waals surface area (Å²) >= 11 is 5.86. The molecule has 2 nitrogen and oxygen atoms in total. The van der Waals surface area contributed by atoms with Crippen molar-refractivity contribution in [2.45, 2.75) is 6.18 Å². The SMILES string of the molecule is FC(F)(F)c1ccc2ccn(-c3cncc(Cl)c3)c2c1. The van der Waals surface area contributed by atoms with Crippen LogP contribution in [0.25, 0.3) is 16.6 Å². The van der Waals surface area contributed by atoms with E-state index < -0.39 is 11.7 Å². The molecule has 0 amide bonds. The van der Waals surface area contributed by atoms with Gasteiger partial charge in [-0.1, -0.05) is 17.7 Å². The highest BCUT2D eigenvalue weighted by Gasteiger charge is 2.30. The van der Waals surface area contributed by atoms with Crippen LogP contribution >= 0.6 is 11.6 Å². The van der Waals surface area contributed by atoms with Crippen LogP contribution in [-0.4, -0.2) is 9.55 Å². The van der Waals surface area contributed by atoms with Gasteiger partial charge in [-0.05, 0) is 29.7 Å². The zero-order chi connectivity index (χ0) is 14.3. The number of rotatable bonds is 1. The summed E-state index contributed by atoms with van der Waals surface area (Å²) in [5, 5.41) is 1.15. The molecule has 0 atom stereocenters. The van der Waals surface area contributed by atoms with E-state index in [-0.39, 0.29) is 0 Å². The lowest BCUT2D eigenvalue weighted by Gasteiger charge is -2.09. The molecule has 0 saturated heterocycles. The van der Waals surface area contributed by atoms with Gasteiger partial charge >= 0.3 is 6.18 Å². The predicted octanol–water partition coefficient (Wildman–Crippen LogP) is 4.70. The van der Waals surface area contributed by atoms with E-state index in [1.165, 1.54) is 12.3 Å². The number of hydrogen-bond acceptors (Lipinski definition) is 1. The first-order valence-electron chi connectivity index (χ1n) is 5.74. The number of fused-ring (bicyclic) bond motifs is 1. The van der Waals surface area contributed by atoms with Gasteiger partial charge in [0.15, 0.2) is 0 Å². The molecular formula is C14H8ClF3N2. The topological polar surface area (TPSA) is 17.8 Å². The van der Waals surface area contributed by atoms with Crippen molar-refractivity contribution in [2.24, 2.45) is 0 Å². The fourth-order valence-electron chi connectivity index (χ4n) is 2.06. The zero-order valence-electron chi connectivity index (χ0n) is 10.0. The van der Waals surface area contributed by atoms with Crippen molar-refractivity contribution in [2.75, 3.05) is 0 Å². The van der Waals surface area contributed by atoms with Gasteiger partial charge in [-0.25, -0.2) is 0 Å². The van der Waals surface area contributed by atoms with E-state index in [1.807, 2.05) is 0 Å². The van der Waals surface area contributed by atoms with Gasteiger partial charge in [0.25, 0.3) is 0 Å². The quantitative estimate of drug-likeness (QED) is 0.636. The second-order valence-corrected chi connectivity index (χ2v) is 4.75. The van der Waals surface area contributed by atoms with E-state index in [4.69, 9.17) is 11.6 Å². The number of benzene rings is 1. The Bertz CT molecular complexity index is 777. The molecule has 0 fully saturated rings. The average molecular weight is 297 g/mol. The second kappa shape index (κ2) is 4.52. The molecule has 6 heteroatoms. The van der Waals surface area contributed by atoms with Crippen LogP contribution in [0, 0.1) is 0 Å². The van der Waals surface area contributed by atoms with Gasteiger partial charge in [-0.3, -0.25) is 4.98 Å². The lowest BCUT2D eigenvalue weighted by molar-refractivity contribution is -0.137. The first-order valence-corrected chi connectivity index (χ1v) is 6.12. The van der Waals surface area contributed by atoms with E-state index in [2.05, 4.69) is 4.98 Å². The van der Waals surface area contributed by atoms with Crippen molar-refractivity contribution in [3.05, 3.63) is 59.5 Å². The Hall–Kier alpha value is -2.01. The highest BCUT2D eigenvalue weighted by Crippen LogP contribution is 2.32. The third-order valence-corrected chi connectivity index (χ3v) is 3.20. The molecule has 20 heavy (non-hydrogen) atoms. The summed E-state index contributed by atoms with van der Waals surface area (Å²) in [5.74, 6) is 0. The third kappa shape index (κ3) is 2.25. The Kier molecular flexibility index (Phi) is 2.94. The second-order valence-electron chi connectivity index (χ2n) is 4.32. The van der Waals surface area contributed by atoms with Gasteiger partial charge in [-0.2, -0.15) is 13.2 Å². The molecule has 102 valence electrons. The number of hydrogen-bond donors (Lipinski definition) is 0. The number of pyridine rings is 1. The molecule has 0 N–H and O–H groups in total. The summed E-state index contributed by atoms with van der Waals surface area (Å²) in [6, 6.07) is 7.04. The van der Waals surface area contributed by atoms with Crippen LogP contribution in [0.4, 0.5) is 13.2 Å². The Morgan fingerprint density at radius 2 is 1.85 bits per heavy atom. The first kappa shape index (κ1) is 13.0. The zero-order valence-corrected chi connectivity index (χ0v) is 10.8. The van der Waals surface area contributed by atoms with Gasteiger partial charge in [0.05, 0.1) is 28.0 Å². The van der Waals surface area contributed by atoms with Crippen LogP contribution in [0.1, 0.15) is 5.56 Å². The molecule has 0 aliphatic rings. The smallest absolute Gasteiger partial charge is 0.315 e. The van der Waals surface area contributed by atoms with Gasteiger partial charge < -0.3 is 4.57 Å². The van der Waals surface area contributed by atoms with Gasteiger partial charge in [0.2, 0.25) is 0 Å². The van der Waals surface area contributed by atoms with Crippen LogP contribution < -0.4 is 0 Å². The first-order chi connectivity index (χ1) is 9.45. The molecule has 3 aromatic rings. The molecular weight excluding hydrogens is 289 g/mol. The highest BCUT2D eigenvalue weighted by molar-refractivity contribution is 6.30. The molecule has 0 radical (unpaired) electrons. The monoisotopic (exact) mass is 296 g/mol. The molecule has 0 unspecified atom stereocenters. The van der Waals surface area contributed by atoms with Gasteiger partial charge in [0.1, 0.15) is 0 Å². The largest absolute Gasteiger partial charge is 0.416 e. The minimum atomic E-state index is -4.37. The number of alkyl halides is 3. The van der Waals surface area contributed by atoms with E-state index in [1.54, 1.807) is 29.1 Å². The summed E-state index contributed by atoms with van der Waals surface area (Å²) in [4.78, 5) is 3.94. The predicted molar refractivity (Wildman–Crippen MR) is 71.1 cm³/mol. The molecule has 1 aromatic carbocycles. The summed E-state index contributed by atoms with van der Waals surface area (Å²) in [6.07, 6.45) is 0.345. The van der Waals surface area contributed by atoms with Crippen LogP contribution in [0.3, 0.4) is 0 Å². The standard InChI is InChI=1S/C14H8ClF3N2/c15-11-6-12(8-19-7-11)20-4-3-9-1-2-10(5-13(9)20)14(16,17)18/h1-8H. The molecule has 3 rings (SSSR count). The maximum atomic E-state index is 12.8. The molecule has 0 spiro atoms. The Labute approximate surface area is 117 Å². The Balaban J connectivity index is 2.22. The van der Waals surface area contributed by atoms with Gasteiger partial charge in [0, 0.05) is 12.4 Å². The average Bonchev–Trinajstić information content (AvgIpc) is 2.80. The molecule has 2 heterocycles. The van der Waals surface area contributed by atoms with Gasteiger partial charge in [-0.15, -0.1) is 0 Å². The van der Waals surface area contributed by atoms with Crippen LogP contribution in [0.5, 0.6) is 0 Å². The van der Waals surface area contributed by atoms with E-state index >= 15 is 0 Å².